The molecule has 0 saturated carbocycles. The van der Waals surface area contributed by atoms with Crippen molar-refractivity contribution in [3.8, 4) is 28.7 Å². The summed E-state index contributed by atoms with van der Waals surface area (Å²) in [7, 11) is 2.96. The summed E-state index contributed by atoms with van der Waals surface area (Å²) in [6.45, 7) is -0.234. The molecule has 10 heteroatoms. The Kier molecular flexibility index (Phi) is 6.82. The summed E-state index contributed by atoms with van der Waals surface area (Å²) in [4.78, 5) is 0. The molecule has 180 valence electrons. The molecule has 2 aromatic carbocycles. The first kappa shape index (κ1) is 23.4. The molecule has 2 aliphatic heterocycles. The van der Waals surface area contributed by atoms with Crippen LogP contribution in [0.5, 0.6) is 28.7 Å². The van der Waals surface area contributed by atoms with E-state index in [0.29, 0.717) is 35.8 Å². The van der Waals surface area contributed by atoms with Gasteiger partial charge >= 0.3 is 0 Å². The van der Waals surface area contributed by atoms with Crippen molar-refractivity contribution >= 4 is 0 Å². The van der Waals surface area contributed by atoms with Crippen LogP contribution in [-0.4, -0.2) is 83.7 Å². The molecule has 6 atom stereocenters. The van der Waals surface area contributed by atoms with E-state index < -0.39 is 37.3 Å². The van der Waals surface area contributed by atoms with E-state index in [1.165, 1.54) is 14.2 Å². The van der Waals surface area contributed by atoms with Gasteiger partial charge in [0.2, 0.25) is 12.0 Å². The highest BCUT2D eigenvalue weighted by Gasteiger charge is 2.44. The summed E-state index contributed by atoms with van der Waals surface area (Å²) in [5.74, 6) is 1.50. The Bertz CT molecular complexity index is 978. The summed E-state index contributed by atoms with van der Waals surface area (Å²) in [6, 6.07) is 8.63. The van der Waals surface area contributed by atoms with Crippen molar-refractivity contribution in [2.75, 3.05) is 27.4 Å². The maximum atomic E-state index is 10.7. The monoisotopic (exact) mass is 464 g/mol. The Hall–Kier alpha value is -2.76. The SMILES string of the molecule is COc1ccc(C2COc3cc(O[C@@H]4O[C@H](CO)[C@@H](O)[C@H](O)[C@H]4O)ccc3C2)c(O)c1OC. The van der Waals surface area contributed by atoms with Crippen LogP contribution < -0.4 is 18.9 Å². The summed E-state index contributed by atoms with van der Waals surface area (Å²) in [5.41, 5.74) is 1.57. The van der Waals surface area contributed by atoms with Gasteiger partial charge in [0.25, 0.3) is 0 Å². The molecular weight excluding hydrogens is 436 g/mol. The Morgan fingerprint density at radius 1 is 1.00 bits per heavy atom. The molecule has 5 N–H and O–H groups in total. The summed E-state index contributed by atoms with van der Waals surface area (Å²) >= 11 is 0. The molecule has 0 aliphatic carbocycles. The van der Waals surface area contributed by atoms with Crippen LogP contribution in [-0.2, 0) is 11.2 Å². The zero-order chi connectivity index (χ0) is 23.7. The second kappa shape index (κ2) is 9.62. The fourth-order valence-corrected chi connectivity index (χ4v) is 4.18. The third-order valence-electron chi connectivity index (χ3n) is 6.04. The van der Waals surface area contributed by atoms with Crippen molar-refractivity contribution in [2.45, 2.75) is 43.0 Å². The number of aromatic hydroxyl groups is 1. The normalized spacial score (nSPS) is 29.0. The van der Waals surface area contributed by atoms with E-state index in [1.54, 1.807) is 30.3 Å². The molecule has 0 spiro atoms. The van der Waals surface area contributed by atoms with Crippen LogP contribution in [0.1, 0.15) is 17.0 Å². The number of aliphatic hydroxyl groups excluding tert-OH is 4. The smallest absolute Gasteiger partial charge is 0.229 e. The number of aliphatic hydroxyl groups is 4. The van der Waals surface area contributed by atoms with Gasteiger partial charge in [0.05, 0.1) is 27.4 Å². The van der Waals surface area contributed by atoms with Crippen LogP contribution in [0.2, 0.25) is 0 Å². The predicted octanol–water partition coefficient (Wildman–Crippen LogP) is 0.307. The van der Waals surface area contributed by atoms with Gasteiger partial charge in [-0.15, -0.1) is 0 Å². The van der Waals surface area contributed by atoms with Gasteiger partial charge in [-0.25, -0.2) is 0 Å². The van der Waals surface area contributed by atoms with E-state index in [-0.39, 0.29) is 17.4 Å². The number of fused-ring (bicyclic) bond motifs is 1. The van der Waals surface area contributed by atoms with Gasteiger partial charge in [-0.05, 0) is 24.1 Å². The molecule has 0 amide bonds. The predicted molar refractivity (Wildman–Crippen MR) is 114 cm³/mol. The molecular formula is C23H28O10. The fourth-order valence-electron chi connectivity index (χ4n) is 4.18. The second-order valence-electron chi connectivity index (χ2n) is 8.04. The molecule has 2 aliphatic rings. The summed E-state index contributed by atoms with van der Waals surface area (Å²) < 4.78 is 27.5. The van der Waals surface area contributed by atoms with Gasteiger partial charge < -0.3 is 49.2 Å². The molecule has 1 saturated heterocycles. The van der Waals surface area contributed by atoms with Crippen molar-refractivity contribution in [3.05, 3.63) is 41.5 Å². The Balaban J connectivity index is 1.50. The van der Waals surface area contributed by atoms with Gasteiger partial charge in [-0.2, -0.15) is 0 Å². The molecule has 2 heterocycles. The highest BCUT2D eigenvalue weighted by molar-refractivity contribution is 5.57. The van der Waals surface area contributed by atoms with Crippen molar-refractivity contribution in [1.82, 2.24) is 0 Å². The van der Waals surface area contributed by atoms with E-state index in [9.17, 15) is 25.5 Å². The van der Waals surface area contributed by atoms with Gasteiger partial charge in [0, 0.05) is 17.5 Å². The van der Waals surface area contributed by atoms with Crippen molar-refractivity contribution in [2.24, 2.45) is 0 Å². The van der Waals surface area contributed by atoms with Crippen LogP contribution in [0.3, 0.4) is 0 Å². The molecule has 1 fully saturated rings. The molecule has 0 bridgehead atoms. The van der Waals surface area contributed by atoms with E-state index in [0.717, 1.165) is 5.56 Å². The Morgan fingerprint density at radius 2 is 1.79 bits per heavy atom. The largest absolute Gasteiger partial charge is 0.504 e. The van der Waals surface area contributed by atoms with Crippen LogP contribution in [0.4, 0.5) is 0 Å². The molecule has 10 nitrogen and oxygen atoms in total. The highest BCUT2D eigenvalue weighted by atomic mass is 16.7. The highest BCUT2D eigenvalue weighted by Crippen LogP contribution is 2.44. The maximum Gasteiger partial charge on any atom is 0.229 e. The first-order chi connectivity index (χ1) is 15.9. The van der Waals surface area contributed by atoms with Crippen molar-refractivity contribution in [1.29, 1.82) is 0 Å². The average molecular weight is 464 g/mol. The number of hydrogen-bond donors (Lipinski definition) is 5. The first-order valence-corrected chi connectivity index (χ1v) is 10.5. The van der Waals surface area contributed by atoms with E-state index in [2.05, 4.69) is 0 Å². The molecule has 33 heavy (non-hydrogen) atoms. The van der Waals surface area contributed by atoms with Gasteiger partial charge in [-0.3, -0.25) is 0 Å². The summed E-state index contributed by atoms with van der Waals surface area (Å²) in [5, 5.41) is 50.0. The van der Waals surface area contributed by atoms with Crippen molar-refractivity contribution < 1.29 is 49.2 Å². The molecule has 2 aromatic rings. The lowest BCUT2D eigenvalue weighted by Gasteiger charge is -2.39. The van der Waals surface area contributed by atoms with Crippen LogP contribution in [0, 0.1) is 0 Å². The quantitative estimate of drug-likeness (QED) is 0.405. The van der Waals surface area contributed by atoms with Crippen LogP contribution in [0.15, 0.2) is 30.3 Å². The Labute approximate surface area is 190 Å². The van der Waals surface area contributed by atoms with Gasteiger partial charge in [-0.1, -0.05) is 12.1 Å². The van der Waals surface area contributed by atoms with E-state index in [4.69, 9.17) is 23.7 Å². The number of ether oxygens (including phenoxy) is 5. The van der Waals surface area contributed by atoms with Gasteiger partial charge in [0.15, 0.2) is 11.5 Å². The number of rotatable bonds is 6. The van der Waals surface area contributed by atoms with E-state index >= 15 is 0 Å². The number of hydrogen-bond acceptors (Lipinski definition) is 10. The standard InChI is InChI=1S/C23H28O10/c1-29-15-6-5-14(18(25)22(15)30-2)12-7-11-3-4-13(8-16(11)31-10-12)32-23-21(28)20(27)19(26)17(9-24)33-23/h3-6,8,12,17,19-21,23-28H,7,9-10H2,1-2H3/t12?,17-,19-,20+,21-,23-/m1/s1. The molecule has 4 rings (SSSR count). The number of phenols is 1. The zero-order valence-corrected chi connectivity index (χ0v) is 18.2. The minimum absolute atomic E-state index is 0.0106. The van der Waals surface area contributed by atoms with E-state index in [1.807, 2.05) is 0 Å². The fraction of sp³-hybridized carbons (Fsp3) is 0.478. The van der Waals surface area contributed by atoms with Crippen LogP contribution in [0.25, 0.3) is 0 Å². The average Bonchev–Trinajstić information content (AvgIpc) is 2.83. The van der Waals surface area contributed by atoms with Gasteiger partial charge in [0.1, 0.15) is 35.9 Å². The number of methoxy groups -OCH3 is 2. The minimum atomic E-state index is -1.52. The number of phenolic OH excluding ortho intramolecular Hbond substituents is 1. The molecule has 0 radical (unpaired) electrons. The first-order valence-electron chi connectivity index (χ1n) is 10.5. The minimum Gasteiger partial charge on any atom is -0.504 e. The molecule has 0 aromatic heterocycles. The lowest BCUT2D eigenvalue weighted by Crippen LogP contribution is -2.60. The summed E-state index contributed by atoms with van der Waals surface area (Å²) in [6.07, 6.45) is -6.22. The van der Waals surface area contributed by atoms with Crippen LogP contribution >= 0.6 is 0 Å². The topological polar surface area (TPSA) is 147 Å². The lowest BCUT2D eigenvalue weighted by molar-refractivity contribution is -0.277. The second-order valence-corrected chi connectivity index (χ2v) is 8.04. The zero-order valence-electron chi connectivity index (χ0n) is 18.2. The third kappa shape index (κ3) is 4.40. The lowest BCUT2D eigenvalue weighted by atomic mass is 9.89. The molecule has 1 unspecified atom stereocenters. The number of benzene rings is 2. The Morgan fingerprint density at radius 3 is 2.48 bits per heavy atom. The third-order valence-corrected chi connectivity index (χ3v) is 6.04. The van der Waals surface area contributed by atoms with Crippen molar-refractivity contribution in [3.63, 3.8) is 0 Å². The maximum absolute atomic E-state index is 10.7.